The number of ether oxygens (including phenoxy) is 2. The quantitative estimate of drug-likeness (QED) is 0.905. The number of carbonyl (C=O) groups is 2. The first-order chi connectivity index (χ1) is 10.1. The van der Waals surface area contributed by atoms with Crippen LogP contribution in [0.5, 0.6) is 5.75 Å². The van der Waals surface area contributed by atoms with Crippen LogP contribution in [0.2, 0.25) is 0 Å². The normalized spacial score (nSPS) is 11.0. The molecule has 0 aromatic heterocycles. The van der Waals surface area contributed by atoms with Crippen LogP contribution in [0, 0.1) is 6.92 Å². The van der Waals surface area contributed by atoms with Crippen LogP contribution in [-0.2, 0) is 4.74 Å². The van der Waals surface area contributed by atoms with E-state index >= 15 is 0 Å². The van der Waals surface area contributed by atoms with Crippen molar-refractivity contribution in [1.82, 2.24) is 4.90 Å². The van der Waals surface area contributed by atoms with Crippen molar-refractivity contribution in [3.05, 3.63) is 29.3 Å². The lowest BCUT2D eigenvalue weighted by Gasteiger charge is -2.24. The molecule has 0 atom stereocenters. The van der Waals surface area contributed by atoms with Crippen LogP contribution in [0.25, 0.3) is 0 Å². The Kier molecular flexibility index (Phi) is 5.79. The summed E-state index contributed by atoms with van der Waals surface area (Å²) in [5.41, 5.74) is 0.290. The number of carboxylic acids is 1. The molecule has 1 rings (SSSR count). The summed E-state index contributed by atoms with van der Waals surface area (Å²) < 4.78 is 10.8. The molecule has 0 aliphatic carbocycles. The first-order valence-electron chi connectivity index (χ1n) is 7.01. The van der Waals surface area contributed by atoms with E-state index in [4.69, 9.17) is 14.6 Å². The van der Waals surface area contributed by atoms with Crippen molar-refractivity contribution >= 4 is 12.1 Å². The average Bonchev–Trinajstić information content (AvgIpc) is 2.38. The molecule has 1 amide bonds. The highest BCUT2D eigenvalue weighted by molar-refractivity contribution is 5.91. The summed E-state index contributed by atoms with van der Waals surface area (Å²) in [4.78, 5) is 24.4. The minimum Gasteiger partial charge on any atom is -0.491 e. The number of carboxylic acid groups (broad SMARTS) is 1. The number of nitrogens with zero attached hydrogens (tertiary/aromatic N) is 1. The van der Waals surface area contributed by atoms with E-state index in [-0.39, 0.29) is 12.2 Å². The van der Waals surface area contributed by atoms with Crippen LogP contribution in [0.1, 0.15) is 36.7 Å². The third-order valence-electron chi connectivity index (χ3n) is 2.82. The van der Waals surface area contributed by atoms with E-state index in [0.29, 0.717) is 12.3 Å². The molecule has 22 heavy (non-hydrogen) atoms. The van der Waals surface area contributed by atoms with Gasteiger partial charge in [-0.25, -0.2) is 9.59 Å². The molecule has 0 aliphatic rings. The number of likely N-dealkylation sites (N-methyl/N-ethyl adjacent to an activating group) is 1. The number of rotatable bonds is 5. The van der Waals surface area contributed by atoms with Crippen LogP contribution in [0.3, 0.4) is 0 Å². The first kappa shape index (κ1) is 17.8. The van der Waals surface area contributed by atoms with E-state index in [2.05, 4.69) is 0 Å². The summed E-state index contributed by atoms with van der Waals surface area (Å²) in [5, 5.41) is 9.15. The van der Waals surface area contributed by atoms with Crippen molar-refractivity contribution in [1.29, 1.82) is 0 Å². The number of carbonyl (C=O) groups excluding carboxylic acids is 1. The van der Waals surface area contributed by atoms with Crippen molar-refractivity contribution in [2.45, 2.75) is 33.3 Å². The van der Waals surface area contributed by atoms with Crippen molar-refractivity contribution in [2.24, 2.45) is 0 Å². The number of aromatic carboxylic acids is 1. The predicted molar refractivity (Wildman–Crippen MR) is 82.5 cm³/mol. The highest BCUT2D eigenvalue weighted by atomic mass is 16.6. The summed E-state index contributed by atoms with van der Waals surface area (Å²) in [6.07, 6.45) is -0.445. The molecule has 0 aliphatic heterocycles. The predicted octanol–water partition coefficient (Wildman–Crippen LogP) is 2.94. The standard InChI is InChI=1S/C16H23NO5/c1-11-7-6-8-12(14(18)19)13(11)21-10-9-17(5)15(20)22-16(2,3)4/h6-8H,9-10H2,1-5H3,(H,18,19). The molecule has 1 aromatic carbocycles. The van der Waals surface area contributed by atoms with Gasteiger partial charge in [0.1, 0.15) is 23.5 Å². The maximum Gasteiger partial charge on any atom is 0.410 e. The monoisotopic (exact) mass is 309 g/mol. The molecular formula is C16H23NO5. The lowest BCUT2D eigenvalue weighted by molar-refractivity contribution is 0.0277. The van der Waals surface area contributed by atoms with E-state index in [1.54, 1.807) is 46.9 Å². The Hall–Kier alpha value is -2.24. The van der Waals surface area contributed by atoms with E-state index in [0.717, 1.165) is 5.56 Å². The fourth-order valence-corrected chi connectivity index (χ4v) is 1.73. The second-order valence-electron chi connectivity index (χ2n) is 6.01. The van der Waals surface area contributed by atoms with Crippen molar-refractivity contribution in [3.63, 3.8) is 0 Å². The number of benzene rings is 1. The highest BCUT2D eigenvalue weighted by Gasteiger charge is 2.20. The van der Waals surface area contributed by atoms with Crippen LogP contribution >= 0.6 is 0 Å². The fourth-order valence-electron chi connectivity index (χ4n) is 1.73. The van der Waals surface area contributed by atoms with Gasteiger partial charge in [0.25, 0.3) is 0 Å². The van der Waals surface area contributed by atoms with E-state index in [1.165, 1.54) is 11.0 Å². The summed E-state index contributed by atoms with van der Waals surface area (Å²) in [6.45, 7) is 7.63. The Morgan fingerprint density at radius 2 is 1.91 bits per heavy atom. The molecule has 0 fully saturated rings. The summed E-state index contributed by atoms with van der Waals surface area (Å²) in [5.74, 6) is -0.716. The van der Waals surface area contributed by atoms with E-state index < -0.39 is 17.7 Å². The number of aryl methyl sites for hydroxylation is 1. The zero-order valence-corrected chi connectivity index (χ0v) is 13.7. The Morgan fingerprint density at radius 1 is 1.27 bits per heavy atom. The summed E-state index contributed by atoms with van der Waals surface area (Å²) in [7, 11) is 1.60. The molecule has 122 valence electrons. The molecular weight excluding hydrogens is 286 g/mol. The Bertz CT molecular complexity index is 548. The maximum atomic E-state index is 11.8. The highest BCUT2D eigenvalue weighted by Crippen LogP contribution is 2.23. The number of hydrogen-bond donors (Lipinski definition) is 1. The first-order valence-corrected chi connectivity index (χ1v) is 7.01. The smallest absolute Gasteiger partial charge is 0.410 e. The van der Waals surface area contributed by atoms with Gasteiger partial charge < -0.3 is 19.5 Å². The van der Waals surface area contributed by atoms with E-state index in [9.17, 15) is 9.59 Å². The molecule has 6 nitrogen and oxygen atoms in total. The van der Waals surface area contributed by atoms with Gasteiger partial charge in [-0.3, -0.25) is 0 Å². The topological polar surface area (TPSA) is 76.1 Å². The number of para-hydroxylation sites is 1. The third-order valence-corrected chi connectivity index (χ3v) is 2.82. The Balaban J connectivity index is 2.61. The van der Waals surface area contributed by atoms with Crippen LogP contribution in [0.15, 0.2) is 18.2 Å². The van der Waals surface area contributed by atoms with Gasteiger partial charge in [0.15, 0.2) is 0 Å². The van der Waals surface area contributed by atoms with Gasteiger partial charge >= 0.3 is 12.1 Å². The molecule has 6 heteroatoms. The molecule has 0 spiro atoms. The Morgan fingerprint density at radius 3 is 2.45 bits per heavy atom. The molecule has 0 heterocycles. The second-order valence-corrected chi connectivity index (χ2v) is 6.01. The van der Waals surface area contributed by atoms with Gasteiger partial charge in [0.2, 0.25) is 0 Å². The number of amides is 1. The maximum absolute atomic E-state index is 11.8. The second kappa shape index (κ2) is 7.15. The van der Waals surface area contributed by atoms with Crippen molar-refractivity contribution in [3.8, 4) is 5.75 Å². The molecule has 0 saturated carbocycles. The fraction of sp³-hybridized carbons (Fsp3) is 0.500. The molecule has 0 bridgehead atoms. The van der Waals surface area contributed by atoms with Gasteiger partial charge in [-0.2, -0.15) is 0 Å². The van der Waals surface area contributed by atoms with E-state index in [1.807, 2.05) is 0 Å². The SMILES string of the molecule is Cc1cccc(C(=O)O)c1OCCN(C)C(=O)OC(C)(C)C. The molecule has 0 unspecified atom stereocenters. The molecule has 1 N–H and O–H groups in total. The van der Waals surface area contributed by atoms with Gasteiger partial charge in [-0.15, -0.1) is 0 Å². The lowest BCUT2D eigenvalue weighted by atomic mass is 10.1. The average molecular weight is 309 g/mol. The van der Waals surface area contributed by atoms with Crippen LogP contribution < -0.4 is 4.74 Å². The summed E-state index contributed by atoms with van der Waals surface area (Å²) >= 11 is 0. The van der Waals surface area contributed by atoms with Crippen molar-refractivity contribution in [2.75, 3.05) is 20.2 Å². The van der Waals surface area contributed by atoms with Gasteiger partial charge in [0, 0.05) is 7.05 Å². The molecule has 0 saturated heterocycles. The third kappa shape index (κ3) is 5.27. The minimum absolute atomic E-state index is 0.111. The zero-order chi connectivity index (χ0) is 16.9. The molecule has 1 aromatic rings. The summed E-state index contributed by atoms with van der Waals surface area (Å²) in [6, 6.07) is 4.93. The van der Waals surface area contributed by atoms with Crippen LogP contribution in [-0.4, -0.2) is 47.9 Å². The lowest BCUT2D eigenvalue weighted by Crippen LogP contribution is -2.36. The minimum atomic E-state index is -1.04. The van der Waals surface area contributed by atoms with Gasteiger partial charge in [-0.1, -0.05) is 12.1 Å². The largest absolute Gasteiger partial charge is 0.491 e. The zero-order valence-electron chi connectivity index (χ0n) is 13.7. The van der Waals surface area contributed by atoms with Gasteiger partial charge in [-0.05, 0) is 39.3 Å². The Labute approximate surface area is 130 Å². The molecule has 0 radical (unpaired) electrons. The number of hydrogen-bond acceptors (Lipinski definition) is 4. The van der Waals surface area contributed by atoms with Gasteiger partial charge in [0.05, 0.1) is 6.54 Å². The van der Waals surface area contributed by atoms with Crippen molar-refractivity contribution < 1.29 is 24.2 Å². The van der Waals surface area contributed by atoms with Crippen LogP contribution in [0.4, 0.5) is 4.79 Å².